The first-order chi connectivity index (χ1) is 12.9. The number of thioether (sulfide) groups is 1. The number of hydrogen-bond acceptors (Lipinski definition) is 5. The van der Waals surface area contributed by atoms with Gasteiger partial charge in [0.15, 0.2) is 11.6 Å². The lowest BCUT2D eigenvalue weighted by atomic mass is 10.1. The van der Waals surface area contributed by atoms with Crippen LogP contribution in [0.25, 0.3) is 0 Å². The van der Waals surface area contributed by atoms with Gasteiger partial charge in [-0.3, -0.25) is 0 Å². The number of rotatable bonds is 7. The van der Waals surface area contributed by atoms with Gasteiger partial charge in [-0.15, -0.1) is 11.8 Å². The zero-order valence-corrected chi connectivity index (χ0v) is 16.1. The molecule has 2 rings (SSSR count). The van der Waals surface area contributed by atoms with E-state index in [9.17, 15) is 14.0 Å². The Morgan fingerprint density at radius 2 is 1.67 bits per heavy atom. The van der Waals surface area contributed by atoms with Crippen molar-refractivity contribution < 1.29 is 13.5 Å². The van der Waals surface area contributed by atoms with Crippen molar-refractivity contribution in [3.63, 3.8) is 0 Å². The number of nitrogens with one attached hydrogen (secondary N) is 1. The number of halogens is 2. The third-order valence-corrected chi connectivity index (χ3v) is 5.06. The summed E-state index contributed by atoms with van der Waals surface area (Å²) in [5, 5.41) is 21.2. The van der Waals surface area contributed by atoms with Crippen molar-refractivity contribution in [1.29, 1.82) is 10.5 Å². The van der Waals surface area contributed by atoms with E-state index < -0.39 is 22.8 Å². The molecule has 0 saturated heterocycles. The Bertz CT molecular complexity index is 900. The first-order valence-electron chi connectivity index (χ1n) is 8.40. The van der Waals surface area contributed by atoms with Crippen molar-refractivity contribution in [3.8, 4) is 17.9 Å². The fraction of sp³-hybridized carbons (Fsp3) is 0.300. The summed E-state index contributed by atoms with van der Waals surface area (Å²) < 4.78 is 35.2. The van der Waals surface area contributed by atoms with Gasteiger partial charge < -0.3 is 10.1 Å². The molecule has 0 amide bonds. The van der Waals surface area contributed by atoms with Gasteiger partial charge in [0.2, 0.25) is 0 Å². The molecule has 0 bridgehead atoms. The standard InChI is InChI=1S/C20H19F2N3OS/c1-4-26-14-7-5-13(6-8-14)25-19-17(21)15(9-23)16(10-24)18(22)20(19)27-11-12(2)3/h5-8,12,25H,4,11H2,1-3H3. The highest BCUT2D eigenvalue weighted by Gasteiger charge is 2.25. The molecule has 1 N–H and O–H groups in total. The normalized spacial score (nSPS) is 10.4. The molecule has 0 fully saturated rings. The zero-order valence-electron chi connectivity index (χ0n) is 15.3. The monoisotopic (exact) mass is 387 g/mol. The van der Waals surface area contributed by atoms with Crippen molar-refractivity contribution in [2.24, 2.45) is 5.92 Å². The van der Waals surface area contributed by atoms with Crippen LogP contribution in [-0.2, 0) is 0 Å². The first kappa shape index (κ1) is 20.5. The zero-order chi connectivity index (χ0) is 20.0. The molecule has 0 spiro atoms. The third kappa shape index (κ3) is 4.69. The number of benzene rings is 2. The van der Waals surface area contributed by atoms with Crippen LogP contribution >= 0.6 is 11.8 Å². The molecule has 0 heterocycles. The summed E-state index contributed by atoms with van der Waals surface area (Å²) in [6.07, 6.45) is 0. The number of ether oxygens (including phenoxy) is 1. The molecule has 2 aromatic rings. The highest BCUT2D eigenvalue weighted by Crippen LogP contribution is 2.39. The minimum absolute atomic E-state index is 0.00867. The minimum Gasteiger partial charge on any atom is -0.494 e. The van der Waals surface area contributed by atoms with Crippen LogP contribution in [0.1, 0.15) is 31.9 Å². The van der Waals surface area contributed by atoms with Gasteiger partial charge in [-0.2, -0.15) is 10.5 Å². The van der Waals surface area contributed by atoms with Crippen molar-refractivity contribution in [3.05, 3.63) is 47.0 Å². The lowest BCUT2D eigenvalue weighted by molar-refractivity contribution is 0.340. The van der Waals surface area contributed by atoms with Gasteiger partial charge in [-0.05, 0) is 37.1 Å². The smallest absolute Gasteiger partial charge is 0.167 e. The Balaban J connectivity index is 2.53. The van der Waals surface area contributed by atoms with Crippen LogP contribution < -0.4 is 10.1 Å². The van der Waals surface area contributed by atoms with E-state index in [1.165, 1.54) is 0 Å². The summed E-state index contributed by atoms with van der Waals surface area (Å²) in [5.74, 6) is -0.394. The quantitative estimate of drug-likeness (QED) is 0.627. The van der Waals surface area contributed by atoms with Gasteiger partial charge in [0, 0.05) is 11.4 Å². The van der Waals surface area contributed by atoms with E-state index in [0.29, 0.717) is 23.8 Å². The van der Waals surface area contributed by atoms with Crippen LogP contribution in [-0.4, -0.2) is 12.4 Å². The maximum absolute atomic E-state index is 14.9. The van der Waals surface area contributed by atoms with Crippen LogP contribution in [0, 0.1) is 40.2 Å². The van der Waals surface area contributed by atoms with Gasteiger partial charge in [0.25, 0.3) is 0 Å². The Morgan fingerprint density at radius 1 is 1.07 bits per heavy atom. The second kappa shape index (κ2) is 9.25. The van der Waals surface area contributed by atoms with Crippen molar-refractivity contribution in [2.75, 3.05) is 17.7 Å². The lowest BCUT2D eigenvalue weighted by Gasteiger charge is -2.17. The Morgan fingerprint density at radius 3 is 2.19 bits per heavy atom. The van der Waals surface area contributed by atoms with Crippen molar-refractivity contribution in [2.45, 2.75) is 25.7 Å². The first-order valence-corrected chi connectivity index (χ1v) is 9.39. The number of anilines is 2. The fourth-order valence-electron chi connectivity index (χ4n) is 2.32. The van der Waals surface area contributed by atoms with Crippen LogP contribution in [0.3, 0.4) is 0 Å². The SMILES string of the molecule is CCOc1ccc(Nc2c(F)c(C#N)c(C#N)c(F)c2SCC(C)C)cc1. The predicted octanol–water partition coefficient (Wildman–Crippen LogP) is 5.60. The van der Waals surface area contributed by atoms with Crippen molar-refractivity contribution in [1.82, 2.24) is 0 Å². The molecule has 0 aliphatic heterocycles. The average Bonchev–Trinajstić information content (AvgIpc) is 2.65. The highest BCUT2D eigenvalue weighted by molar-refractivity contribution is 7.99. The van der Waals surface area contributed by atoms with E-state index in [-0.39, 0.29) is 16.5 Å². The molecule has 7 heteroatoms. The molecule has 0 radical (unpaired) electrons. The summed E-state index contributed by atoms with van der Waals surface area (Å²) in [5.41, 5.74) is -0.801. The minimum atomic E-state index is -0.935. The molecule has 4 nitrogen and oxygen atoms in total. The maximum atomic E-state index is 14.9. The Hall–Kier alpha value is -2.77. The average molecular weight is 387 g/mol. The van der Waals surface area contributed by atoms with E-state index in [1.807, 2.05) is 20.8 Å². The molecule has 0 unspecified atom stereocenters. The van der Waals surface area contributed by atoms with E-state index in [1.54, 1.807) is 36.4 Å². The Labute approximate surface area is 161 Å². The maximum Gasteiger partial charge on any atom is 0.167 e. The summed E-state index contributed by atoms with van der Waals surface area (Å²) >= 11 is 1.11. The Kier molecular flexibility index (Phi) is 7.04. The van der Waals surface area contributed by atoms with Crippen molar-refractivity contribution >= 4 is 23.1 Å². The molecule has 0 aliphatic carbocycles. The molecule has 0 atom stereocenters. The second-order valence-electron chi connectivity index (χ2n) is 6.09. The largest absolute Gasteiger partial charge is 0.494 e. The van der Waals surface area contributed by atoms with Gasteiger partial charge >= 0.3 is 0 Å². The molecule has 2 aromatic carbocycles. The molecular formula is C20H19F2N3OS. The van der Waals surface area contributed by atoms with E-state index >= 15 is 0 Å². The number of nitrogens with zero attached hydrogens (tertiary/aromatic N) is 2. The van der Waals surface area contributed by atoms with Crippen LogP contribution in [0.5, 0.6) is 5.75 Å². The topological polar surface area (TPSA) is 68.8 Å². The van der Waals surface area contributed by atoms with Crippen LogP contribution in [0.4, 0.5) is 20.2 Å². The fourth-order valence-corrected chi connectivity index (χ4v) is 3.33. The van der Waals surface area contributed by atoms with E-state index in [2.05, 4.69) is 5.32 Å². The predicted molar refractivity (Wildman–Crippen MR) is 102 cm³/mol. The summed E-state index contributed by atoms with van der Waals surface area (Å²) in [6, 6.07) is 9.94. The summed E-state index contributed by atoms with van der Waals surface area (Å²) in [7, 11) is 0. The lowest BCUT2D eigenvalue weighted by Crippen LogP contribution is -2.06. The number of nitriles is 2. The van der Waals surface area contributed by atoms with Gasteiger partial charge in [0.1, 0.15) is 29.0 Å². The van der Waals surface area contributed by atoms with E-state index in [0.717, 1.165) is 11.8 Å². The van der Waals surface area contributed by atoms with E-state index in [4.69, 9.17) is 10.00 Å². The van der Waals surface area contributed by atoms with Gasteiger partial charge in [-0.1, -0.05) is 13.8 Å². The second-order valence-corrected chi connectivity index (χ2v) is 7.12. The third-order valence-electron chi connectivity index (χ3n) is 3.55. The molecule has 27 heavy (non-hydrogen) atoms. The van der Waals surface area contributed by atoms with Gasteiger partial charge in [-0.25, -0.2) is 8.78 Å². The molecule has 0 saturated carbocycles. The molecule has 140 valence electrons. The molecule has 0 aromatic heterocycles. The highest BCUT2D eigenvalue weighted by atomic mass is 32.2. The summed E-state index contributed by atoms with van der Waals surface area (Å²) in [6.45, 7) is 6.29. The van der Waals surface area contributed by atoms with Crippen LogP contribution in [0.15, 0.2) is 29.2 Å². The molecular weight excluding hydrogens is 368 g/mol. The summed E-state index contributed by atoms with van der Waals surface area (Å²) in [4.78, 5) is -0.00867. The van der Waals surface area contributed by atoms with Gasteiger partial charge in [0.05, 0.1) is 17.2 Å². The number of hydrogen-bond donors (Lipinski definition) is 1. The molecule has 0 aliphatic rings. The van der Waals surface area contributed by atoms with Crippen LogP contribution in [0.2, 0.25) is 0 Å².